The Kier molecular flexibility index (Phi) is 2.08. The summed E-state index contributed by atoms with van der Waals surface area (Å²) in [6, 6.07) is 1.37. The highest BCUT2D eigenvalue weighted by Crippen LogP contribution is 2.17. The van der Waals surface area contributed by atoms with E-state index in [0.717, 1.165) is 6.20 Å². The van der Waals surface area contributed by atoms with Crippen LogP contribution in [-0.2, 0) is 10.0 Å². The summed E-state index contributed by atoms with van der Waals surface area (Å²) in [6.45, 7) is 0. The largest absolute Gasteiger partial charge is 0.383 e. The second-order valence-electron chi connectivity index (χ2n) is 2.64. The van der Waals surface area contributed by atoms with Gasteiger partial charge in [-0.1, -0.05) is 5.16 Å². The number of H-pyrrole nitrogens is 1. The molecule has 0 aliphatic rings. The molecule has 0 aromatic carbocycles. The molecule has 9 heteroatoms. The number of aromatic nitrogens is 3. The van der Waals surface area contributed by atoms with Crippen molar-refractivity contribution in [3.63, 3.8) is 0 Å². The van der Waals surface area contributed by atoms with Crippen molar-refractivity contribution in [1.29, 1.82) is 0 Å². The summed E-state index contributed by atoms with van der Waals surface area (Å²) in [5.41, 5.74) is 5.37. The summed E-state index contributed by atoms with van der Waals surface area (Å²) >= 11 is 0. The number of aromatic amines is 1. The molecule has 15 heavy (non-hydrogen) atoms. The predicted molar refractivity (Wildman–Crippen MR) is 50.3 cm³/mol. The van der Waals surface area contributed by atoms with Crippen LogP contribution in [0.2, 0.25) is 0 Å². The number of hydrogen-bond donors (Lipinski definition) is 3. The molecule has 2 rings (SSSR count). The van der Waals surface area contributed by atoms with E-state index in [2.05, 4.69) is 24.6 Å². The maximum absolute atomic E-state index is 11.6. The molecule has 0 saturated heterocycles. The number of anilines is 2. The molecule has 0 saturated carbocycles. The molecule has 8 nitrogen and oxygen atoms in total. The van der Waals surface area contributed by atoms with E-state index in [0.29, 0.717) is 0 Å². The first-order chi connectivity index (χ1) is 7.09. The van der Waals surface area contributed by atoms with Crippen LogP contribution in [0.1, 0.15) is 0 Å². The Hall–Kier alpha value is -2.03. The normalized spacial score (nSPS) is 11.5. The molecule has 0 radical (unpaired) electrons. The summed E-state index contributed by atoms with van der Waals surface area (Å²) in [6.07, 6.45) is 2.36. The molecule has 4 N–H and O–H groups in total. The van der Waals surface area contributed by atoms with Crippen LogP contribution in [0, 0.1) is 0 Å². The molecule has 0 aliphatic heterocycles. The van der Waals surface area contributed by atoms with Crippen LogP contribution in [0.4, 0.5) is 11.6 Å². The van der Waals surface area contributed by atoms with Gasteiger partial charge in [0.15, 0.2) is 5.82 Å². The minimum atomic E-state index is -3.76. The van der Waals surface area contributed by atoms with Crippen molar-refractivity contribution in [2.45, 2.75) is 4.90 Å². The maximum atomic E-state index is 11.6. The number of nitrogens with zero attached hydrogens (tertiary/aromatic N) is 2. The van der Waals surface area contributed by atoms with E-state index in [1.165, 1.54) is 12.3 Å². The Bertz CT molecular complexity index is 543. The van der Waals surface area contributed by atoms with Crippen LogP contribution in [-0.4, -0.2) is 23.8 Å². The molecule has 2 aromatic heterocycles. The molecule has 0 unspecified atom stereocenters. The molecule has 0 amide bonds. The summed E-state index contributed by atoms with van der Waals surface area (Å²) < 4.78 is 29.9. The van der Waals surface area contributed by atoms with Crippen LogP contribution in [0.25, 0.3) is 0 Å². The van der Waals surface area contributed by atoms with E-state index in [-0.39, 0.29) is 16.5 Å². The number of nitrogen functional groups attached to an aromatic ring is 1. The van der Waals surface area contributed by atoms with Crippen LogP contribution < -0.4 is 10.5 Å². The quantitative estimate of drug-likeness (QED) is 0.667. The zero-order valence-electron chi connectivity index (χ0n) is 7.34. The van der Waals surface area contributed by atoms with Gasteiger partial charge in [-0.2, -0.15) is 5.10 Å². The van der Waals surface area contributed by atoms with Gasteiger partial charge in [-0.05, 0) is 0 Å². The van der Waals surface area contributed by atoms with Gasteiger partial charge < -0.3 is 10.3 Å². The van der Waals surface area contributed by atoms with Gasteiger partial charge in [-0.25, -0.2) is 8.42 Å². The predicted octanol–water partition coefficient (Wildman–Crippen LogP) is -0.219. The first-order valence-electron chi connectivity index (χ1n) is 3.81. The van der Waals surface area contributed by atoms with Gasteiger partial charge in [-0.15, -0.1) is 0 Å². The maximum Gasteiger partial charge on any atom is 0.268 e. The van der Waals surface area contributed by atoms with Gasteiger partial charge >= 0.3 is 0 Å². The van der Waals surface area contributed by atoms with Crippen LogP contribution in [0.5, 0.6) is 0 Å². The van der Waals surface area contributed by atoms with Gasteiger partial charge in [0.1, 0.15) is 17.0 Å². The number of nitrogens with one attached hydrogen (secondary N) is 2. The van der Waals surface area contributed by atoms with Crippen molar-refractivity contribution in [1.82, 2.24) is 15.4 Å². The molecule has 0 aliphatic carbocycles. The summed E-state index contributed by atoms with van der Waals surface area (Å²) in [5, 5.41) is 9.23. The Morgan fingerprint density at radius 3 is 2.87 bits per heavy atom. The van der Waals surface area contributed by atoms with Gasteiger partial charge in [0.25, 0.3) is 10.0 Å². The Balaban J connectivity index is 2.33. The number of sulfonamides is 1. The Morgan fingerprint density at radius 1 is 1.53 bits per heavy atom. The minimum Gasteiger partial charge on any atom is -0.383 e. The van der Waals surface area contributed by atoms with Crippen LogP contribution in [0.3, 0.4) is 0 Å². The lowest BCUT2D eigenvalue weighted by atomic mass is 10.7. The highest BCUT2D eigenvalue weighted by Gasteiger charge is 2.20. The van der Waals surface area contributed by atoms with Gasteiger partial charge in [-0.3, -0.25) is 9.82 Å². The third kappa shape index (κ3) is 1.76. The minimum absolute atomic E-state index is 0.0361. The monoisotopic (exact) mass is 229 g/mol. The molecular formula is C6H7N5O3S. The van der Waals surface area contributed by atoms with Crippen molar-refractivity contribution in [3.05, 3.63) is 18.5 Å². The zero-order chi connectivity index (χ0) is 10.9. The lowest BCUT2D eigenvalue weighted by Crippen LogP contribution is -2.14. The van der Waals surface area contributed by atoms with Crippen LogP contribution >= 0.6 is 0 Å². The fourth-order valence-electron chi connectivity index (χ4n) is 0.957. The highest BCUT2D eigenvalue weighted by atomic mass is 32.2. The molecule has 80 valence electrons. The lowest BCUT2D eigenvalue weighted by Gasteiger charge is -2.01. The van der Waals surface area contributed by atoms with Gasteiger partial charge in [0.2, 0.25) is 0 Å². The molecule has 0 bridgehead atoms. The third-order valence-electron chi connectivity index (χ3n) is 1.60. The van der Waals surface area contributed by atoms with E-state index in [1.807, 2.05) is 0 Å². The second-order valence-corrected chi connectivity index (χ2v) is 4.29. The molecule has 2 aromatic rings. The molecule has 0 fully saturated rings. The second kappa shape index (κ2) is 3.28. The van der Waals surface area contributed by atoms with E-state index in [4.69, 9.17) is 5.73 Å². The number of nitrogens with two attached hydrogens (primary N) is 1. The fourth-order valence-corrected chi connectivity index (χ4v) is 1.97. The van der Waals surface area contributed by atoms with Crippen molar-refractivity contribution < 1.29 is 12.9 Å². The average molecular weight is 229 g/mol. The molecule has 0 spiro atoms. The van der Waals surface area contributed by atoms with E-state index in [9.17, 15) is 8.42 Å². The van der Waals surface area contributed by atoms with E-state index in [1.54, 1.807) is 0 Å². The molecular weight excluding hydrogens is 222 g/mol. The van der Waals surface area contributed by atoms with E-state index < -0.39 is 10.0 Å². The fraction of sp³-hybridized carbons (Fsp3) is 0. The summed E-state index contributed by atoms with van der Waals surface area (Å²) in [4.78, 5) is -0.134. The van der Waals surface area contributed by atoms with Crippen molar-refractivity contribution in [3.8, 4) is 0 Å². The van der Waals surface area contributed by atoms with Crippen molar-refractivity contribution in [2.75, 3.05) is 10.5 Å². The summed E-state index contributed by atoms with van der Waals surface area (Å²) in [7, 11) is -3.76. The van der Waals surface area contributed by atoms with Gasteiger partial charge in [0.05, 0.1) is 6.20 Å². The standard InChI is InChI=1S/C6H7N5O3S/c7-6-4(3-8-9-6)15(12,13)11-5-1-2-14-10-5/h1-3H,(H,10,11)(H3,7,8,9). The van der Waals surface area contributed by atoms with Crippen molar-refractivity contribution >= 4 is 21.7 Å². The van der Waals surface area contributed by atoms with Crippen LogP contribution in [0.15, 0.2) is 27.9 Å². The SMILES string of the molecule is Nc1[nH]ncc1S(=O)(=O)Nc1ccon1. The van der Waals surface area contributed by atoms with E-state index >= 15 is 0 Å². The number of hydrogen-bond acceptors (Lipinski definition) is 6. The first kappa shape index (κ1) is 9.52. The summed E-state index contributed by atoms with van der Waals surface area (Å²) in [5.74, 6) is 0.0431. The molecule has 0 atom stereocenters. The Labute approximate surface area is 84.5 Å². The highest BCUT2D eigenvalue weighted by molar-refractivity contribution is 7.92. The topological polar surface area (TPSA) is 127 Å². The van der Waals surface area contributed by atoms with Gasteiger partial charge in [0, 0.05) is 6.07 Å². The third-order valence-corrected chi connectivity index (χ3v) is 2.98. The number of rotatable bonds is 3. The lowest BCUT2D eigenvalue weighted by molar-refractivity contribution is 0.423. The molecule has 2 heterocycles. The smallest absolute Gasteiger partial charge is 0.268 e. The average Bonchev–Trinajstić information content (AvgIpc) is 2.75. The Morgan fingerprint density at radius 2 is 2.33 bits per heavy atom. The van der Waals surface area contributed by atoms with Crippen molar-refractivity contribution in [2.24, 2.45) is 0 Å². The zero-order valence-corrected chi connectivity index (χ0v) is 8.15. The first-order valence-corrected chi connectivity index (χ1v) is 5.30.